The molecule has 1 aliphatic rings. The molecule has 1 saturated heterocycles. The highest BCUT2D eigenvalue weighted by atomic mass is 19.4. The molecule has 0 spiro atoms. The molecule has 2 heterocycles. The van der Waals surface area contributed by atoms with Crippen LogP contribution in [0.2, 0.25) is 0 Å². The van der Waals surface area contributed by atoms with Crippen molar-refractivity contribution in [2.24, 2.45) is 5.84 Å². The molecule has 0 bridgehead atoms. The van der Waals surface area contributed by atoms with Gasteiger partial charge in [-0.2, -0.15) is 18.2 Å². The van der Waals surface area contributed by atoms with E-state index in [1.807, 2.05) is 7.05 Å². The highest BCUT2D eigenvalue weighted by Crippen LogP contribution is 2.31. The summed E-state index contributed by atoms with van der Waals surface area (Å²) in [6.45, 7) is 1.82. The Hall–Kier alpha value is -1.61. The lowest BCUT2D eigenvalue weighted by Crippen LogP contribution is -2.42. The summed E-state index contributed by atoms with van der Waals surface area (Å²) in [6.07, 6.45) is -2.77. The molecule has 0 atom stereocenters. The Labute approximate surface area is 121 Å². The van der Waals surface area contributed by atoms with Crippen molar-refractivity contribution < 1.29 is 13.2 Å². The highest BCUT2D eigenvalue weighted by molar-refractivity contribution is 5.45. The number of hydrogen-bond acceptors (Lipinski definition) is 6. The molecule has 0 amide bonds. The summed E-state index contributed by atoms with van der Waals surface area (Å²) < 4.78 is 38.6. The van der Waals surface area contributed by atoms with Crippen molar-refractivity contribution in [2.75, 3.05) is 37.5 Å². The minimum Gasteiger partial charge on any atom is -0.356 e. The van der Waals surface area contributed by atoms with E-state index in [4.69, 9.17) is 5.84 Å². The van der Waals surface area contributed by atoms with Crippen LogP contribution in [0.3, 0.4) is 0 Å². The zero-order valence-corrected chi connectivity index (χ0v) is 12.0. The molecule has 3 N–H and O–H groups in total. The van der Waals surface area contributed by atoms with Gasteiger partial charge in [0.05, 0.1) is 0 Å². The first-order valence-corrected chi connectivity index (χ1v) is 6.65. The second-order valence-electron chi connectivity index (χ2n) is 5.22. The van der Waals surface area contributed by atoms with E-state index in [-0.39, 0.29) is 17.8 Å². The van der Waals surface area contributed by atoms with E-state index in [9.17, 15) is 13.2 Å². The first kappa shape index (κ1) is 15.8. The van der Waals surface area contributed by atoms with Gasteiger partial charge in [-0.1, -0.05) is 0 Å². The molecular weight excluding hydrogens is 285 g/mol. The number of nitrogen functional groups attached to an aromatic ring is 1. The van der Waals surface area contributed by atoms with Crippen LogP contribution in [0, 0.1) is 0 Å². The van der Waals surface area contributed by atoms with E-state index in [0.29, 0.717) is 0 Å². The molecule has 6 nitrogen and oxygen atoms in total. The van der Waals surface area contributed by atoms with Gasteiger partial charge in [0.15, 0.2) is 5.69 Å². The van der Waals surface area contributed by atoms with E-state index in [2.05, 4.69) is 20.3 Å². The summed E-state index contributed by atoms with van der Waals surface area (Å²) in [4.78, 5) is 11.3. The third kappa shape index (κ3) is 3.73. The normalized spacial score (nSPS) is 17.8. The van der Waals surface area contributed by atoms with Crippen LogP contribution in [-0.2, 0) is 6.18 Å². The Morgan fingerprint density at radius 3 is 2.48 bits per heavy atom. The summed E-state index contributed by atoms with van der Waals surface area (Å²) in [5.41, 5.74) is 1.09. The third-order valence-corrected chi connectivity index (χ3v) is 3.73. The van der Waals surface area contributed by atoms with Gasteiger partial charge in [-0.15, -0.1) is 0 Å². The zero-order valence-electron chi connectivity index (χ0n) is 12.0. The fraction of sp³-hybridized carbons (Fsp3) is 0.667. The predicted molar refractivity (Wildman–Crippen MR) is 73.8 cm³/mol. The summed E-state index contributed by atoms with van der Waals surface area (Å²) in [7, 11) is 3.78. The Balaban J connectivity index is 2.25. The quantitative estimate of drug-likeness (QED) is 0.648. The second-order valence-corrected chi connectivity index (χ2v) is 5.22. The highest BCUT2D eigenvalue weighted by Gasteiger charge is 2.34. The molecule has 0 aliphatic carbocycles. The van der Waals surface area contributed by atoms with Crippen LogP contribution in [-0.4, -0.2) is 48.1 Å². The molecule has 0 radical (unpaired) electrons. The van der Waals surface area contributed by atoms with Gasteiger partial charge in [0.1, 0.15) is 5.82 Å². The van der Waals surface area contributed by atoms with Gasteiger partial charge in [-0.25, -0.2) is 10.8 Å². The standard InChI is InChI=1S/C12H19F3N6/c1-20-5-3-8(4-6-20)21(2)10-7-9(12(13,14)15)17-11(18-10)19-16/h7-8H,3-6,16H2,1-2H3,(H,17,18,19). The topological polar surface area (TPSA) is 70.3 Å². The number of likely N-dealkylation sites (tertiary alicyclic amines) is 1. The maximum Gasteiger partial charge on any atom is 0.433 e. The maximum absolute atomic E-state index is 12.9. The number of piperidine rings is 1. The first-order valence-electron chi connectivity index (χ1n) is 6.65. The average Bonchev–Trinajstić information content (AvgIpc) is 2.46. The largest absolute Gasteiger partial charge is 0.433 e. The number of nitrogens with two attached hydrogens (primary N) is 1. The monoisotopic (exact) mass is 304 g/mol. The number of nitrogens with one attached hydrogen (secondary N) is 1. The number of nitrogens with zero attached hydrogens (tertiary/aromatic N) is 4. The average molecular weight is 304 g/mol. The van der Waals surface area contributed by atoms with E-state index < -0.39 is 11.9 Å². The van der Waals surface area contributed by atoms with Gasteiger partial charge in [0.2, 0.25) is 5.95 Å². The number of aromatic nitrogens is 2. The van der Waals surface area contributed by atoms with Gasteiger partial charge in [-0.3, -0.25) is 5.43 Å². The molecule has 0 aromatic carbocycles. The molecule has 1 aliphatic heterocycles. The lowest BCUT2D eigenvalue weighted by Gasteiger charge is -2.35. The van der Waals surface area contributed by atoms with Crippen molar-refractivity contribution in [3.63, 3.8) is 0 Å². The maximum atomic E-state index is 12.9. The van der Waals surface area contributed by atoms with Crippen LogP contribution < -0.4 is 16.2 Å². The van der Waals surface area contributed by atoms with Crippen molar-refractivity contribution in [3.8, 4) is 0 Å². The summed E-state index contributed by atoms with van der Waals surface area (Å²) >= 11 is 0. The fourth-order valence-electron chi connectivity index (χ4n) is 2.39. The van der Waals surface area contributed by atoms with E-state index >= 15 is 0 Å². The molecule has 0 unspecified atom stereocenters. The van der Waals surface area contributed by atoms with E-state index in [1.165, 1.54) is 0 Å². The Kier molecular flexibility index (Phi) is 4.52. The summed E-state index contributed by atoms with van der Waals surface area (Å²) in [5.74, 6) is 5.15. The lowest BCUT2D eigenvalue weighted by atomic mass is 10.0. The molecule has 1 aromatic rings. The summed E-state index contributed by atoms with van der Waals surface area (Å²) in [6, 6.07) is 1.11. The van der Waals surface area contributed by atoms with Crippen LogP contribution in [0.4, 0.5) is 24.9 Å². The number of hydrogen-bond donors (Lipinski definition) is 2. The number of alkyl halides is 3. The molecule has 1 fully saturated rings. The number of rotatable bonds is 3. The van der Waals surface area contributed by atoms with Gasteiger partial charge < -0.3 is 9.80 Å². The summed E-state index contributed by atoms with van der Waals surface area (Å²) in [5, 5.41) is 0. The van der Waals surface area contributed by atoms with Crippen molar-refractivity contribution in [2.45, 2.75) is 25.1 Å². The predicted octanol–water partition coefficient (Wildman–Crippen LogP) is 1.31. The first-order chi connectivity index (χ1) is 9.81. The van der Waals surface area contributed by atoms with Crippen molar-refractivity contribution in [1.29, 1.82) is 0 Å². The Morgan fingerprint density at radius 1 is 1.33 bits per heavy atom. The smallest absolute Gasteiger partial charge is 0.356 e. The molecule has 0 saturated carbocycles. The molecule has 2 rings (SSSR count). The van der Waals surface area contributed by atoms with E-state index in [0.717, 1.165) is 32.0 Å². The van der Waals surface area contributed by atoms with Crippen LogP contribution >= 0.6 is 0 Å². The Bertz CT molecular complexity index is 484. The molecule has 9 heteroatoms. The lowest BCUT2D eigenvalue weighted by molar-refractivity contribution is -0.141. The molecule has 118 valence electrons. The Morgan fingerprint density at radius 2 is 1.95 bits per heavy atom. The number of halogens is 3. The van der Waals surface area contributed by atoms with E-state index in [1.54, 1.807) is 11.9 Å². The second kappa shape index (κ2) is 6.02. The molecule has 1 aromatic heterocycles. The van der Waals surface area contributed by atoms with Gasteiger partial charge in [0.25, 0.3) is 0 Å². The van der Waals surface area contributed by atoms with Crippen LogP contribution in [0.1, 0.15) is 18.5 Å². The zero-order chi connectivity index (χ0) is 15.6. The minimum atomic E-state index is -4.53. The van der Waals surface area contributed by atoms with Gasteiger partial charge in [0, 0.05) is 19.2 Å². The minimum absolute atomic E-state index is 0.155. The van der Waals surface area contributed by atoms with Crippen molar-refractivity contribution >= 4 is 11.8 Å². The number of anilines is 2. The van der Waals surface area contributed by atoms with Crippen LogP contribution in [0.25, 0.3) is 0 Å². The molecule has 21 heavy (non-hydrogen) atoms. The fourth-order valence-corrected chi connectivity index (χ4v) is 2.39. The van der Waals surface area contributed by atoms with Crippen molar-refractivity contribution in [3.05, 3.63) is 11.8 Å². The SMILES string of the molecule is CN1CCC(N(C)c2cc(C(F)(F)F)nc(NN)n2)CC1. The number of hydrazine groups is 1. The van der Waals surface area contributed by atoms with Crippen molar-refractivity contribution in [1.82, 2.24) is 14.9 Å². The third-order valence-electron chi connectivity index (χ3n) is 3.73. The van der Waals surface area contributed by atoms with Crippen LogP contribution in [0.5, 0.6) is 0 Å². The van der Waals surface area contributed by atoms with Crippen LogP contribution in [0.15, 0.2) is 6.07 Å². The van der Waals surface area contributed by atoms with Gasteiger partial charge in [-0.05, 0) is 33.0 Å². The molecular formula is C12H19F3N6. The van der Waals surface area contributed by atoms with Gasteiger partial charge >= 0.3 is 6.18 Å².